The Morgan fingerprint density at radius 1 is 1.11 bits per heavy atom. The summed E-state index contributed by atoms with van der Waals surface area (Å²) >= 11 is 0. The van der Waals surface area contributed by atoms with Crippen LogP contribution in [0.15, 0.2) is 30.3 Å². The first-order valence-corrected chi connectivity index (χ1v) is 9.84. The van der Waals surface area contributed by atoms with E-state index >= 15 is 0 Å². The topological polar surface area (TPSA) is 79.0 Å². The van der Waals surface area contributed by atoms with Gasteiger partial charge in [0.05, 0.1) is 5.92 Å². The number of hydrogen-bond acceptors (Lipinski definition) is 4. The second kappa shape index (κ2) is 8.20. The maximum atomic E-state index is 12.8. The first kappa shape index (κ1) is 20.2. The highest BCUT2D eigenvalue weighted by Gasteiger charge is 2.39. The first-order valence-electron chi connectivity index (χ1n) is 9.84. The van der Waals surface area contributed by atoms with Crippen LogP contribution in [0, 0.1) is 5.92 Å². The SMILES string of the molecule is CC(C)(C)OC(=O)N1CC(C(=O)N[C@@H](Cc2ccccc2)C(=O)N2CCC2)C1. The van der Waals surface area contributed by atoms with Crippen LogP contribution < -0.4 is 5.32 Å². The third kappa shape index (κ3) is 5.03. The molecule has 7 heteroatoms. The molecular weight excluding hydrogens is 358 g/mol. The summed E-state index contributed by atoms with van der Waals surface area (Å²) in [5, 5.41) is 2.92. The van der Waals surface area contributed by atoms with Crippen LogP contribution in [0.4, 0.5) is 4.79 Å². The molecule has 1 aromatic rings. The van der Waals surface area contributed by atoms with Crippen LogP contribution in [0.3, 0.4) is 0 Å². The number of carbonyl (C=O) groups excluding carboxylic acids is 3. The fourth-order valence-electron chi connectivity index (χ4n) is 3.22. The third-order valence-electron chi connectivity index (χ3n) is 4.97. The van der Waals surface area contributed by atoms with E-state index in [0.29, 0.717) is 19.5 Å². The molecule has 1 N–H and O–H groups in total. The molecule has 0 aromatic heterocycles. The van der Waals surface area contributed by atoms with Crippen molar-refractivity contribution in [2.24, 2.45) is 5.92 Å². The maximum absolute atomic E-state index is 12.8. The lowest BCUT2D eigenvalue weighted by atomic mass is 9.97. The minimum Gasteiger partial charge on any atom is -0.444 e. The monoisotopic (exact) mass is 387 g/mol. The van der Waals surface area contributed by atoms with Gasteiger partial charge in [-0.15, -0.1) is 0 Å². The Kier molecular flexibility index (Phi) is 5.91. The predicted octanol–water partition coefficient (Wildman–Crippen LogP) is 1.81. The van der Waals surface area contributed by atoms with Gasteiger partial charge in [-0.05, 0) is 32.8 Å². The minimum atomic E-state index is -0.578. The molecule has 2 aliphatic heterocycles. The van der Waals surface area contributed by atoms with Crippen LogP contribution in [0.1, 0.15) is 32.8 Å². The number of benzene rings is 1. The average molecular weight is 387 g/mol. The van der Waals surface area contributed by atoms with Gasteiger partial charge in [0.1, 0.15) is 11.6 Å². The molecule has 7 nitrogen and oxygen atoms in total. The van der Waals surface area contributed by atoms with E-state index in [0.717, 1.165) is 25.1 Å². The minimum absolute atomic E-state index is 0.0354. The summed E-state index contributed by atoms with van der Waals surface area (Å²) in [5.41, 5.74) is 0.445. The smallest absolute Gasteiger partial charge is 0.410 e. The molecule has 3 amide bonds. The molecule has 0 aliphatic carbocycles. The quantitative estimate of drug-likeness (QED) is 0.836. The van der Waals surface area contributed by atoms with Crippen molar-refractivity contribution < 1.29 is 19.1 Å². The Hall–Kier alpha value is -2.57. The normalized spacial score (nSPS) is 18.0. The van der Waals surface area contributed by atoms with Crippen molar-refractivity contribution in [1.29, 1.82) is 0 Å². The van der Waals surface area contributed by atoms with E-state index in [1.807, 2.05) is 51.1 Å². The fraction of sp³-hybridized carbons (Fsp3) is 0.571. The molecule has 1 atom stereocenters. The maximum Gasteiger partial charge on any atom is 0.410 e. The lowest BCUT2D eigenvalue weighted by Crippen LogP contribution is -2.60. The number of nitrogens with zero attached hydrogens (tertiary/aromatic N) is 2. The van der Waals surface area contributed by atoms with E-state index in [9.17, 15) is 14.4 Å². The Bertz CT molecular complexity index is 719. The van der Waals surface area contributed by atoms with Gasteiger partial charge in [-0.25, -0.2) is 4.79 Å². The molecule has 2 fully saturated rings. The van der Waals surface area contributed by atoms with Crippen LogP contribution in [0.25, 0.3) is 0 Å². The Morgan fingerprint density at radius 3 is 2.29 bits per heavy atom. The molecule has 0 bridgehead atoms. The predicted molar refractivity (Wildman–Crippen MR) is 105 cm³/mol. The zero-order chi connectivity index (χ0) is 20.3. The first-order chi connectivity index (χ1) is 13.2. The second-order valence-electron chi connectivity index (χ2n) is 8.51. The Labute approximate surface area is 166 Å². The van der Waals surface area contributed by atoms with E-state index in [1.165, 1.54) is 4.90 Å². The van der Waals surface area contributed by atoms with Gasteiger partial charge in [0.15, 0.2) is 0 Å². The highest BCUT2D eigenvalue weighted by atomic mass is 16.6. The van der Waals surface area contributed by atoms with Gasteiger partial charge < -0.3 is 19.9 Å². The van der Waals surface area contributed by atoms with Crippen LogP contribution in [-0.4, -0.2) is 65.5 Å². The van der Waals surface area contributed by atoms with Gasteiger partial charge in [0, 0.05) is 32.6 Å². The van der Waals surface area contributed by atoms with Gasteiger partial charge >= 0.3 is 6.09 Å². The number of likely N-dealkylation sites (tertiary alicyclic amines) is 2. The average Bonchev–Trinajstić information content (AvgIpc) is 2.50. The second-order valence-corrected chi connectivity index (χ2v) is 8.51. The highest BCUT2D eigenvalue weighted by molar-refractivity contribution is 5.90. The van der Waals surface area contributed by atoms with Crippen molar-refractivity contribution in [2.45, 2.75) is 45.3 Å². The number of ether oxygens (including phenoxy) is 1. The summed E-state index contributed by atoms with van der Waals surface area (Å²) in [6, 6.07) is 9.10. The molecule has 1 aromatic carbocycles. The third-order valence-corrected chi connectivity index (χ3v) is 4.97. The van der Waals surface area contributed by atoms with Gasteiger partial charge in [0.2, 0.25) is 11.8 Å². The van der Waals surface area contributed by atoms with Gasteiger partial charge in [-0.2, -0.15) is 0 Å². The summed E-state index contributed by atoms with van der Waals surface area (Å²) < 4.78 is 5.32. The molecule has 0 spiro atoms. The molecule has 152 valence electrons. The van der Waals surface area contributed by atoms with Crippen molar-refractivity contribution in [1.82, 2.24) is 15.1 Å². The molecule has 0 radical (unpaired) electrons. The molecule has 28 heavy (non-hydrogen) atoms. The van der Waals surface area contributed by atoms with Gasteiger partial charge in [-0.1, -0.05) is 30.3 Å². The summed E-state index contributed by atoms with van der Waals surface area (Å²) in [6.07, 6.45) is 1.06. The summed E-state index contributed by atoms with van der Waals surface area (Å²) in [6.45, 7) is 7.55. The number of carbonyl (C=O) groups is 3. The van der Waals surface area contributed by atoms with Crippen LogP contribution in [0.5, 0.6) is 0 Å². The van der Waals surface area contributed by atoms with Crippen molar-refractivity contribution in [3.63, 3.8) is 0 Å². The van der Waals surface area contributed by atoms with Crippen LogP contribution in [-0.2, 0) is 20.7 Å². The largest absolute Gasteiger partial charge is 0.444 e. The number of rotatable bonds is 5. The van der Waals surface area contributed by atoms with E-state index < -0.39 is 17.7 Å². The fourth-order valence-corrected chi connectivity index (χ4v) is 3.22. The zero-order valence-corrected chi connectivity index (χ0v) is 16.8. The molecule has 3 rings (SSSR count). The van der Waals surface area contributed by atoms with E-state index in [2.05, 4.69) is 5.32 Å². The van der Waals surface area contributed by atoms with Crippen LogP contribution in [0.2, 0.25) is 0 Å². The number of hydrogen-bond donors (Lipinski definition) is 1. The number of nitrogens with one attached hydrogen (secondary N) is 1. The summed E-state index contributed by atoms with van der Waals surface area (Å²) in [4.78, 5) is 40.7. The Morgan fingerprint density at radius 2 is 1.75 bits per heavy atom. The van der Waals surface area contributed by atoms with Crippen molar-refractivity contribution in [3.8, 4) is 0 Å². The molecule has 2 heterocycles. The molecule has 2 saturated heterocycles. The Balaban J connectivity index is 1.56. The van der Waals surface area contributed by atoms with E-state index in [-0.39, 0.29) is 17.7 Å². The molecule has 0 saturated carbocycles. The summed E-state index contributed by atoms with van der Waals surface area (Å²) in [5.74, 6) is -0.531. The standard InChI is InChI=1S/C21H29N3O4/c1-21(2,3)28-20(27)24-13-16(14-24)18(25)22-17(19(26)23-10-7-11-23)12-15-8-5-4-6-9-15/h4-6,8-9,16-17H,7,10-14H2,1-3H3,(H,22,25)/t17-/m0/s1. The van der Waals surface area contributed by atoms with E-state index in [1.54, 1.807) is 4.90 Å². The van der Waals surface area contributed by atoms with Gasteiger partial charge in [-0.3, -0.25) is 9.59 Å². The highest BCUT2D eigenvalue weighted by Crippen LogP contribution is 2.20. The zero-order valence-electron chi connectivity index (χ0n) is 16.8. The lowest BCUT2D eigenvalue weighted by molar-refractivity contribution is -0.141. The van der Waals surface area contributed by atoms with Gasteiger partial charge in [0.25, 0.3) is 0 Å². The molecule has 0 unspecified atom stereocenters. The molecular formula is C21H29N3O4. The molecule has 2 aliphatic rings. The summed E-state index contributed by atoms with van der Waals surface area (Å²) in [7, 11) is 0. The van der Waals surface area contributed by atoms with Crippen molar-refractivity contribution in [3.05, 3.63) is 35.9 Å². The van der Waals surface area contributed by atoms with E-state index in [4.69, 9.17) is 4.74 Å². The van der Waals surface area contributed by atoms with Crippen LogP contribution >= 0.6 is 0 Å². The lowest BCUT2D eigenvalue weighted by Gasteiger charge is -2.40. The van der Waals surface area contributed by atoms with Crippen molar-refractivity contribution >= 4 is 17.9 Å². The number of amides is 3. The van der Waals surface area contributed by atoms with Crippen molar-refractivity contribution in [2.75, 3.05) is 26.2 Å².